The van der Waals surface area contributed by atoms with E-state index in [2.05, 4.69) is 26.1 Å². The highest BCUT2D eigenvalue weighted by Crippen LogP contribution is 2.39. The van der Waals surface area contributed by atoms with Crippen molar-refractivity contribution in [3.8, 4) is 0 Å². The minimum atomic E-state index is -0.597. The van der Waals surface area contributed by atoms with Gasteiger partial charge in [-0.25, -0.2) is 4.79 Å². The van der Waals surface area contributed by atoms with Crippen LogP contribution >= 0.6 is 15.9 Å². The van der Waals surface area contributed by atoms with E-state index in [-0.39, 0.29) is 5.97 Å². The molecule has 0 aromatic heterocycles. The zero-order valence-corrected chi connectivity index (χ0v) is 13.9. The highest BCUT2D eigenvalue weighted by Gasteiger charge is 2.53. The van der Waals surface area contributed by atoms with Crippen molar-refractivity contribution >= 4 is 27.6 Å². The molecule has 0 amide bonds. The van der Waals surface area contributed by atoms with Gasteiger partial charge in [-0.2, -0.15) is 0 Å². The van der Waals surface area contributed by atoms with Crippen LogP contribution in [0.3, 0.4) is 0 Å². The number of anilines is 1. The number of carbonyl (C=O) groups is 1. The SMILES string of the molecule is CCOC(=O)C1(Nc2ccc(Br)cc2)CN2CCC1CC2. The van der Waals surface area contributed by atoms with Gasteiger partial charge in [-0.3, -0.25) is 0 Å². The van der Waals surface area contributed by atoms with Crippen molar-refractivity contribution in [2.24, 2.45) is 5.92 Å². The summed E-state index contributed by atoms with van der Waals surface area (Å²) < 4.78 is 6.43. The largest absolute Gasteiger partial charge is 0.464 e. The van der Waals surface area contributed by atoms with Crippen LogP contribution < -0.4 is 5.32 Å². The maximum atomic E-state index is 12.7. The van der Waals surface area contributed by atoms with E-state index >= 15 is 0 Å². The monoisotopic (exact) mass is 352 g/mol. The molecule has 3 aliphatic rings. The molecule has 5 heteroatoms. The Morgan fingerprint density at radius 1 is 1.38 bits per heavy atom. The molecule has 3 saturated heterocycles. The van der Waals surface area contributed by atoms with E-state index in [1.165, 1.54) is 0 Å². The van der Waals surface area contributed by atoms with Gasteiger partial charge < -0.3 is 15.0 Å². The molecule has 1 aromatic rings. The molecule has 4 rings (SSSR count). The van der Waals surface area contributed by atoms with Gasteiger partial charge in [-0.1, -0.05) is 15.9 Å². The first-order chi connectivity index (χ1) is 10.1. The third kappa shape index (κ3) is 2.81. The van der Waals surface area contributed by atoms with E-state index in [1.807, 2.05) is 31.2 Å². The van der Waals surface area contributed by atoms with Crippen molar-refractivity contribution in [3.63, 3.8) is 0 Å². The first kappa shape index (κ1) is 14.9. The van der Waals surface area contributed by atoms with Gasteiger partial charge in [-0.05, 0) is 63.0 Å². The number of ether oxygens (including phenoxy) is 1. The lowest BCUT2D eigenvalue weighted by atomic mass is 9.72. The van der Waals surface area contributed by atoms with Crippen molar-refractivity contribution < 1.29 is 9.53 Å². The van der Waals surface area contributed by atoms with Gasteiger partial charge in [0.2, 0.25) is 0 Å². The Hall–Kier alpha value is -1.07. The fourth-order valence-corrected chi connectivity index (χ4v) is 3.80. The van der Waals surface area contributed by atoms with Crippen LogP contribution in [0.15, 0.2) is 28.7 Å². The number of rotatable bonds is 4. The lowest BCUT2D eigenvalue weighted by Crippen LogP contribution is -2.67. The fraction of sp³-hybridized carbons (Fsp3) is 0.562. The Balaban J connectivity index is 1.89. The highest BCUT2D eigenvalue weighted by molar-refractivity contribution is 9.10. The van der Waals surface area contributed by atoms with Crippen LogP contribution in [0.5, 0.6) is 0 Å². The number of esters is 1. The Bertz CT molecular complexity index is 512. The third-order valence-corrected chi connectivity index (χ3v) is 5.14. The summed E-state index contributed by atoms with van der Waals surface area (Å²) in [5.41, 5.74) is 0.375. The number of benzene rings is 1. The van der Waals surface area contributed by atoms with Crippen molar-refractivity contribution in [2.45, 2.75) is 25.3 Å². The van der Waals surface area contributed by atoms with E-state index in [4.69, 9.17) is 4.74 Å². The number of hydrogen-bond donors (Lipinski definition) is 1. The summed E-state index contributed by atoms with van der Waals surface area (Å²) in [5, 5.41) is 3.50. The Labute approximate surface area is 134 Å². The molecule has 1 aromatic carbocycles. The zero-order chi connectivity index (χ0) is 14.9. The molecule has 0 saturated carbocycles. The van der Waals surface area contributed by atoms with Gasteiger partial charge in [0.05, 0.1) is 6.61 Å². The second kappa shape index (κ2) is 5.97. The lowest BCUT2D eigenvalue weighted by molar-refractivity contribution is -0.155. The predicted molar refractivity (Wildman–Crippen MR) is 86.3 cm³/mol. The first-order valence-corrected chi connectivity index (χ1v) is 8.36. The summed E-state index contributed by atoms with van der Waals surface area (Å²) in [6.07, 6.45) is 2.12. The zero-order valence-electron chi connectivity index (χ0n) is 12.3. The Kier molecular flexibility index (Phi) is 4.22. The van der Waals surface area contributed by atoms with Gasteiger partial charge in [0.15, 0.2) is 5.54 Å². The fourth-order valence-electron chi connectivity index (χ4n) is 3.54. The van der Waals surface area contributed by atoms with Gasteiger partial charge in [0, 0.05) is 16.7 Å². The molecule has 3 heterocycles. The number of halogens is 1. The molecular formula is C16H21BrN2O2. The molecule has 0 spiro atoms. The number of carbonyl (C=O) groups excluding carboxylic acids is 1. The predicted octanol–water partition coefficient (Wildman–Crippen LogP) is 2.89. The molecule has 4 nitrogen and oxygen atoms in total. The summed E-state index contributed by atoms with van der Waals surface area (Å²) in [6.45, 7) is 5.22. The molecule has 1 atom stereocenters. The van der Waals surface area contributed by atoms with Crippen LogP contribution in [0.2, 0.25) is 0 Å². The topological polar surface area (TPSA) is 41.6 Å². The molecular weight excluding hydrogens is 332 g/mol. The normalized spacial score (nSPS) is 31.0. The summed E-state index contributed by atoms with van der Waals surface area (Å²) in [4.78, 5) is 15.0. The Morgan fingerprint density at radius 2 is 2.05 bits per heavy atom. The van der Waals surface area contributed by atoms with Crippen LogP contribution in [-0.2, 0) is 9.53 Å². The smallest absolute Gasteiger partial charge is 0.333 e. The number of nitrogens with zero attached hydrogens (tertiary/aromatic N) is 1. The second-order valence-corrected chi connectivity index (χ2v) is 6.79. The maximum absolute atomic E-state index is 12.7. The molecule has 21 heavy (non-hydrogen) atoms. The quantitative estimate of drug-likeness (QED) is 0.846. The van der Waals surface area contributed by atoms with Gasteiger partial charge >= 0.3 is 5.97 Å². The molecule has 2 bridgehead atoms. The molecule has 114 valence electrons. The third-order valence-electron chi connectivity index (χ3n) is 4.61. The van der Waals surface area contributed by atoms with Crippen LogP contribution in [0.4, 0.5) is 5.69 Å². The van der Waals surface area contributed by atoms with Crippen molar-refractivity contribution in [1.82, 2.24) is 4.90 Å². The van der Waals surface area contributed by atoms with Crippen LogP contribution in [0.1, 0.15) is 19.8 Å². The van der Waals surface area contributed by atoms with E-state index in [1.54, 1.807) is 0 Å². The lowest BCUT2D eigenvalue weighted by Gasteiger charge is -2.52. The van der Waals surface area contributed by atoms with Gasteiger partial charge in [-0.15, -0.1) is 0 Å². The molecule has 0 aliphatic carbocycles. The number of hydrogen-bond acceptors (Lipinski definition) is 4. The highest BCUT2D eigenvalue weighted by atomic mass is 79.9. The first-order valence-electron chi connectivity index (χ1n) is 7.57. The van der Waals surface area contributed by atoms with Crippen molar-refractivity contribution in [1.29, 1.82) is 0 Å². The van der Waals surface area contributed by atoms with Crippen LogP contribution in [-0.4, -0.2) is 42.6 Å². The van der Waals surface area contributed by atoms with Gasteiger partial charge in [0.25, 0.3) is 0 Å². The van der Waals surface area contributed by atoms with Crippen molar-refractivity contribution in [2.75, 3.05) is 31.6 Å². The maximum Gasteiger partial charge on any atom is 0.333 e. The molecule has 1 N–H and O–H groups in total. The molecule has 0 radical (unpaired) electrons. The van der Waals surface area contributed by atoms with E-state index in [0.29, 0.717) is 12.5 Å². The number of nitrogens with one attached hydrogen (secondary N) is 1. The standard InChI is InChI=1S/C16H21BrN2O2/c1-2-21-15(20)16(11-19-9-7-12(16)8-10-19)18-14-5-3-13(17)4-6-14/h3-6,12,18H,2,7-11H2,1H3. The summed E-state index contributed by atoms with van der Waals surface area (Å²) >= 11 is 3.44. The summed E-state index contributed by atoms with van der Waals surface area (Å²) in [5.74, 6) is 0.243. The Morgan fingerprint density at radius 3 is 2.57 bits per heavy atom. The average molecular weight is 353 g/mol. The van der Waals surface area contributed by atoms with E-state index < -0.39 is 5.54 Å². The minimum Gasteiger partial charge on any atom is -0.464 e. The van der Waals surface area contributed by atoms with Gasteiger partial charge in [0.1, 0.15) is 0 Å². The van der Waals surface area contributed by atoms with E-state index in [0.717, 1.165) is 42.6 Å². The second-order valence-electron chi connectivity index (χ2n) is 5.87. The summed E-state index contributed by atoms with van der Waals surface area (Å²) in [6, 6.07) is 7.98. The average Bonchev–Trinajstić information content (AvgIpc) is 2.51. The van der Waals surface area contributed by atoms with Crippen LogP contribution in [0.25, 0.3) is 0 Å². The van der Waals surface area contributed by atoms with Crippen molar-refractivity contribution in [3.05, 3.63) is 28.7 Å². The minimum absolute atomic E-state index is 0.109. The van der Waals surface area contributed by atoms with E-state index in [9.17, 15) is 4.79 Å². The molecule has 3 aliphatic heterocycles. The molecule has 3 fully saturated rings. The summed E-state index contributed by atoms with van der Waals surface area (Å²) in [7, 11) is 0. The molecule has 1 unspecified atom stereocenters. The number of piperidine rings is 3. The van der Waals surface area contributed by atoms with Crippen LogP contribution in [0, 0.1) is 5.92 Å². The number of fused-ring (bicyclic) bond motifs is 3.